The predicted molar refractivity (Wildman–Crippen MR) is 153 cm³/mol. The number of esters is 2. The van der Waals surface area contributed by atoms with Crippen molar-refractivity contribution in [2.75, 3.05) is 11.1 Å². The minimum absolute atomic E-state index is 0.131. The lowest BCUT2D eigenvalue weighted by Gasteiger charge is -2.12. The van der Waals surface area contributed by atoms with Gasteiger partial charge in [-0.1, -0.05) is 43.8 Å². The molecule has 1 aliphatic carbocycles. The molecule has 1 aliphatic rings. The number of carbonyl (C=O) groups excluding carboxylic acids is 3. The second-order valence-electron chi connectivity index (χ2n) is 7.89. The molecule has 212 valence electrons. The van der Waals surface area contributed by atoms with Crippen LogP contribution in [-0.2, 0) is 41.9 Å². The molecule has 0 heterocycles. The fraction of sp³-hybridized carbons (Fsp3) is 0.345. The third-order valence-electron chi connectivity index (χ3n) is 4.61. The maximum absolute atomic E-state index is 10.8. The Morgan fingerprint density at radius 3 is 1.77 bits per heavy atom. The number of anilines is 2. The van der Waals surface area contributed by atoms with Crippen molar-refractivity contribution in [3.63, 3.8) is 0 Å². The summed E-state index contributed by atoms with van der Waals surface area (Å²) in [5, 5.41) is 16.6. The zero-order valence-corrected chi connectivity index (χ0v) is 22.5. The lowest BCUT2D eigenvalue weighted by molar-refractivity contribution is -0.143. The van der Waals surface area contributed by atoms with Crippen molar-refractivity contribution < 1.29 is 37.9 Å². The highest BCUT2D eigenvalue weighted by Gasteiger charge is 2.06. The number of hydrogen-bond donors (Lipinski definition) is 4. The molecule has 39 heavy (non-hydrogen) atoms. The Hall–Kier alpha value is -4.56. The Bertz CT molecular complexity index is 1070. The molecule has 0 aromatic heterocycles. The standard InChI is InChI=1S/C11H13NO3.C9H11NO2.C7H11N.CHO2.CH4/c1-8(13)12-11-5-3-10(4-6-11)7-15-9(2)14;1-7(11)12-6-8-2-4-9(10)5-3-8;1-6-2-4-7(8)5-3-6;2-1-3;/h3-6H,7H2,1-2H3,(H,12,13);2-5H,6,10H2,1H3;8H,1-5H2;(H,2,3);1H4/q;;;+1;/i2D;1D;;;1D. The van der Waals surface area contributed by atoms with Gasteiger partial charge < -0.3 is 25.9 Å². The van der Waals surface area contributed by atoms with Crippen LogP contribution in [0, 0.1) is 5.41 Å². The molecule has 1 saturated carbocycles. The third-order valence-corrected chi connectivity index (χ3v) is 4.61. The third kappa shape index (κ3) is 21.2. The molecule has 1 fully saturated rings. The Morgan fingerprint density at radius 2 is 1.41 bits per heavy atom. The van der Waals surface area contributed by atoms with E-state index in [2.05, 4.69) is 11.9 Å². The highest BCUT2D eigenvalue weighted by Crippen LogP contribution is 2.18. The van der Waals surface area contributed by atoms with Crippen LogP contribution in [0.15, 0.2) is 60.7 Å². The number of rotatable bonds is 5. The number of carbonyl (C=O) groups is 3. The molecule has 1 amide bonds. The Morgan fingerprint density at radius 1 is 1.00 bits per heavy atom. The minimum Gasteiger partial charge on any atom is -0.461 e. The highest BCUT2D eigenvalue weighted by atomic mass is 16.5. The summed E-state index contributed by atoms with van der Waals surface area (Å²) < 4.78 is 28.8. The second kappa shape index (κ2) is 21.5. The number of nitrogens with one attached hydrogen (secondary N) is 2. The number of nitrogen functional groups attached to an aromatic ring is 1. The van der Waals surface area contributed by atoms with Crippen LogP contribution in [0.2, 0.25) is 0 Å². The zero-order chi connectivity index (χ0) is 32.3. The molecule has 0 saturated heterocycles. The maximum atomic E-state index is 10.8. The van der Waals surface area contributed by atoms with Crippen LogP contribution in [0.1, 0.15) is 69.0 Å². The van der Waals surface area contributed by atoms with Gasteiger partial charge in [-0.2, -0.15) is 0 Å². The van der Waals surface area contributed by atoms with Gasteiger partial charge in [0.05, 0.1) is 4.79 Å². The Kier molecular flexibility index (Phi) is 16.9. The number of aliphatic hydroxyl groups excluding tert-OH is 1. The van der Waals surface area contributed by atoms with Gasteiger partial charge in [0.1, 0.15) is 13.2 Å². The van der Waals surface area contributed by atoms with Crippen molar-refractivity contribution in [1.82, 2.24) is 0 Å². The zero-order valence-electron chi connectivity index (χ0n) is 25.5. The molecule has 10 heteroatoms. The summed E-state index contributed by atoms with van der Waals surface area (Å²) >= 11 is 0. The van der Waals surface area contributed by atoms with Crippen molar-refractivity contribution in [3.05, 3.63) is 71.8 Å². The first-order valence-electron chi connectivity index (χ1n) is 13.8. The smallest absolute Gasteiger partial charge is 0.461 e. The number of hydrogen-bond acceptors (Lipinski definition) is 8. The highest BCUT2D eigenvalue weighted by molar-refractivity contribution is 5.88. The average Bonchev–Trinajstić information content (AvgIpc) is 2.99. The second-order valence-corrected chi connectivity index (χ2v) is 7.89. The molecule has 0 bridgehead atoms. The van der Waals surface area contributed by atoms with Crippen LogP contribution in [-0.4, -0.2) is 35.1 Å². The fourth-order valence-corrected chi connectivity index (χ4v) is 2.73. The predicted octanol–water partition coefficient (Wildman–Crippen LogP) is 5.42. The van der Waals surface area contributed by atoms with Crippen LogP contribution < -0.4 is 11.1 Å². The van der Waals surface area contributed by atoms with Crippen molar-refractivity contribution in [2.24, 2.45) is 0 Å². The van der Waals surface area contributed by atoms with Crippen LogP contribution in [0.25, 0.3) is 0 Å². The molecule has 0 aliphatic heterocycles. The van der Waals surface area contributed by atoms with Gasteiger partial charge in [0.25, 0.3) is 0 Å². The minimum atomic E-state index is -0.550. The molecule has 0 unspecified atom stereocenters. The van der Waals surface area contributed by atoms with E-state index in [9.17, 15) is 14.4 Å². The van der Waals surface area contributed by atoms with Gasteiger partial charge in [0.2, 0.25) is 5.91 Å². The van der Waals surface area contributed by atoms with Gasteiger partial charge in [-0.05, 0) is 61.1 Å². The van der Waals surface area contributed by atoms with Gasteiger partial charge in [-0.15, -0.1) is 0 Å². The number of benzene rings is 2. The van der Waals surface area contributed by atoms with Crippen molar-refractivity contribution >= 4 is 41.4 Å². The van der Waals surface area contributed by atoms with Gasteiger partial charge in [-0.25, -0.2) is 5.11 Å². The number of allylic oxidation sites excluding steroid dienone is 1. The van der Waals surface area contributed by atoms with Crippen molar-refractivity contribution in [3.8, 4) is 0 Å². The summed E-state index contributed by atoms with van der Waals surface area (Å²) in [6, 6.07) is 14.0. The van der Waals surface area contributed by atoms with E-state index in [0.29, 0.717) is 17.8 Å². The van der Waals surface area contributed by atoms with E-state index in [4.69, 9.17) is 34.6 Å². The van der Waals surface area contributed by atoms with E-state index < -0.39 is 11.9 Å². The van der Waals surface area contributed by atoms with Crippen molar-refractivity contribution in [1.29, 1.82) is 5.41 Å². The summed E-state index contributed by atoms with van der Waals surface area (Å²) in [6.07, 6.45) is 4.02. The molecule has 3 rings (SSSR count). The lowest BCUT2D eigenvalue weighted by Crippen LogP contribution is -2.05. The molecule has 2 aromatic carbocycles. The van der Waals surface area contributed by atoms with Gasteiger partial charge in [-0.3, -0.25) is 14.4 Å². The first-order chi connectivity index (χ1) is 20.0. The monoisotopic (exact) mass is 545 g/mol. The summed E-state index contributed by atoms with van der Waals surface area (Å²) in [5.74, 6) is -1.20. The normalized spacial score (nSPS) is 12.0. The van der Waals surface area contributed by atoms with Crippen LogP contribution >= 0.6 is 0 Å². The van der Waals surface area contributed by atoms with Gasteiger partial charge >= 0.3 is 18.4 Å². The van der Waals surface area contributed by atoms with Crippen molar-refractivity contribution in [2.45, 2.75) is 67.0 Å². The fourth-order valence-electron chi connectivity index (χ4n) is 2.73. The molecule has 0 radical (unpaired) electrons. The molecular weight excluding hydrogens is 502 g/mol. The Labute approximate surface area is 234 Å². The molecular formula is C29H40N3O7+. The van der Waals surface area contributed by atoms with E-state index in [-0.39, 0.29) is 32.9 Å². The van der Waals surface area contributed by atoms with E-state index in [0.717, 1.165) is 42.5 Å². The van der Waals surface area contributed by atoms with Gasteiger partial charge in [0, 0.05) is 41.9 Å². The van der Waals surface area contributed by atoms with E-state index in [1.54, 1.807) is 48.5 Å². The summed E-state index contributed by atoms with van der Waals surface area (Å²) in [4.78, 5) is 40.3. The maximum Gasteiger partial charge on any atom is 0.794 e. The van der Waals surface area contributed by atoms with E-state index >= 15 is 0 Å². The van der Waals surface area contributed by atoms with Crippen LogP contribution in [0.4, 0.5) is 11.4 Å². The lowest BCUT2D eigenvalue weighted by atomic mass is 9.95. The summed E-state index contributed by atoms with van der Waals surface area (Å²) in [5.41, 5.74) is 10.8. The van der Waals surface area contributed by atoms with Gasteiger partial charge in [0.15, 0.2) is 0 Å². The summed E-state index contributed by atoms with van der Waals surface area (Å²) in [6.45, 7) is 5.43. The number of ether oxygens (including phenoxy) is 2. The van der Waals surface area contributed by atoms with E-state index in [1.165, 1.54) is 19.9 Å². The average molecular weight is 546 g/mol. The molecule has 0 atom stereocenters. The first kappa shape index (κ1) is 30.7. The quantitative estimate of drug-likeness (QED) is 0.167. The number of amides is 1. The molecule has 0 spiro atoms. The van der Waals surface area contributed by atoms with Crippen LogP contribution in [0.5, 0.6) is 0 Å². The first-order valence-corrected chi connectivity index (χ1v) is 11.4. The Balaban J connectivity index is 0. The SMILES string of the molecule is C=C1CCC(=N)CC1.O=[C+]O.[2H]C.[2H]CC(=O)OCc1ccc(N)cc1.[2H]CC(=O)OCc1ccc(NC(C)=O)cc1. The molecule has 5 N–H and O–H groups in total. The molecule has 10 nitrogen and oxygen atoms in total. The number of nitrogens with two attached hydrogens (primary N) is 1. The topological polar surface area (TPSA) is 169 Å². The summed E-state index contributed by atoms with van der Waals surface area (Å²) in [7, 11) is 1.25. The van der Waals surface area contributed by atoms with E-state index in [1.807, 2.05) is 0 Å². The molecule has 2 aromatic rings. The largest absolute Gasteiger partial charge is 0.794 e. The van der Waals surface area contributed by atoms with Crippen LogP contribution in [0.3, 0.4) is 0 Å².